The number of nitrogens with zero attached hydrogens (tertiary/aromatic N) is 2. The topological polar surface area (TPSA) is 65.5 Å². The van der Waals surface area contributed by atoms with Crippen molar-refractivity contribution in [3.63, 3.8) is 0 Å². The molecule has 92 valence electrons. The summed E-state index contributed by atoms with van der Waals surface area (Å²) in [7, 11) is 0. The molecule has 1 aliphatic rings. The fourth-order valence-electron chi connectivity index (χ4n) is 1.80. The van der Waals surface area contributed by atoms with Gasteiger partial charge in [-0.2, -0.15) is 0 Å². The number of carboxylic acid groups (broad SMARTS) is 1. The Morgan fingerprint density at radius 2 is 2.47 bits per heavy atom. The fraction of sp³-hybridized carbons (Fsp3) is 0.400. The Balaban J connectivity index is 2.32. The summed E-state index contributed by atoms with van der Waals surface area (Å²) in [5.74, 6) is -0.359. The van der Waals surface area contributed by atoms with Crippen LogP contribution in [0.1, 0.15) is 0 Å². The minimum absolute atomic E-state index is 0.392. The quantitative estimate of drug-likeness (QED) is 0.861. The van der Waals surface area contributed by atoms with E-state index in [4.69, 9.17) is 16.7 Å². The van der Waals surface area contributed by atoms with Crippen LogP contribution in [0.25, 0.3) is 0 Å². The summed E-state index contributed by atoms with van der Waals surface area (Å²) in [6.45, 7) is 1.69. The molecule has 0 saturated carbocycles. The highest BCUT2D eigenvalue weighted by Gasteiger charge is 2.30. The Morgan fingerprint density at radius 1 is 1.71 bits per heavy atom. The molecule has 2 N–H and O–H groups in total. The minimum atomic E-state index is -0.877. The number of aromatic nitrogens is 1. The second-order valence-corrected chi connectivity index (χ2v) is 5.03. The van der Waals surface area contributed by atoms with E-state index in [0.29, 0.717) is 23.9 Å². The largest absolute Gasteiger partial charge is 0.480 e. The summed E-state index contributed by atoms with van der Waals surface area (Å²) < 4.78 is 0.772. The predicted molar refractivity (Wildman–Crippen MR) is 68.6 cm³/mol. The van der Waals surface area contributed by atoms with Crippen molar-refractivity contribution in [1.29, 1.82) is 0 Å². The molecule has 1 aliphatic heterocycles. The zero-order valence-electron chi connectivity index (χ0n) is 8.86. The van der Waals surface area contributed by atoms with Gasteiger partial charge in [0.05, 0.1) is 5.02 Å². The molecular weight excluding hydrogens is 309 g/mol. The number of hydrogen-bond donors (Lipinski definition) is 2. The highest BCUT2D eigenvalue weighted by atomic mass is 79.9. The molecule has 0 spiro atoms. The van der Waals surface area contributed by atoms with Crippen molar-refractivity contribution in [2.24, 2.45) is 0 Å². The smallest absolute Gasteiger partial charge is 0.327 e. The number of aliphatic carboxylic acids is 1. The van der Waals surface area contributed by atoms with Crippen molar-refractivity contribution in [2.75, 3.05) is 24.5 Å². The van der Waals surface area contributed by atoms with Gasteiger partial charge in [-0.3, -0.25) is 0 Å². The molecule has 0 aliphatic carbocycles. The molecule has 1 atom stereocenters. The standard InChI is InChI=1S/C10H11BrClN3O2/c11-6-3-7(12)9(14-4-6)15-2-1-13-5-8(15)10(16)17/h3-4,8,13H,1-2,5H2,(H,16,17). The lowest BCUT2D eigenvalue weighted by Crippen LogP contribution is -2.55. The van der Waals surface area contributed by atoms with Crippen LogP contribution in [0.2, 0.25) is 5.02 Å². The minimum Gasteiger partial charge on any atom is -0.480 e. The third-order valence-corrected chi connectivity index (χ3v) is 3.30. The van der Waals surface area contributed by atoms with Gasteiger partial charge in [0.2, 0.25) is 0 Å². The number of nitrogens with one attached hydrogen (secondary N) is 1. The van der Waals surface area contributed by atoms with Crippen molar-refractivity contribution >= 4 is 39.3 Å². The molecule has 1 unspecified atom stereocenters. The van der Waals surface area contributed by atoms with Gasteiger partial charge in [-0.25, -0.2) is 9.78 Å². The van der Waals surface area contributed by atoms with E-state index in [-0.39, 0.29) is 0 Å². The third-order valence-electron chi connectivity index (χ3n) is 2.59. The maximum atomic E-state index is 11.2. The number of anilines is 1. The maximum absolute atomic E-state index is 11.2. The summed E-state index contributed by atoms with van der Waals surface area (Å²) in [5, 5.41) is 12.6. The van der Waals surface area contributed by atoms with Crippen molar-refractivity contribution in [3.8, 4) is 0 Å². The average molecular weight is 321 g/mol. The van der Waals surface area contributed by atoms with Gasteiger partial charge >= 0.3 is 5.97 Å². The number of piperazine rings is 1. The van der Waals surface area contributed by atoms with Gasteiger partial charge in [0.25, 0.3) is 0 Å². The van der Waals surface area contributed by atoms with Crippen LogP contribution in [-0.2, 0) is 4.79 Å². The lowest BCUT2D eigenvalue weighted by molar-refractivity contribution is -0.138. The molecule has 17 heavy (non-hydrogen) atoms. The van der Waals surface area contributed by atoms with Gasteiger partial charge in [-0.15, -0.1) is 0 Å². The number of hydrogen-bond acceptors (Lipinski definition) is 4. The van der Waals surface area contributed by atoms with Gasteiger partial charge in [0.1, 0.15) is 11.9 Å². The molecule has 1 aromatic heterocycles. The molecule has 0 radical (unpaired) electrons. The highest BCUT2D eigenvalue weighted by molar-refractivity contribution is 9.10. The summed E-state index contributed by atoms with van der Waals surface area (Å²) in [5.41, 5.74) is 0. The van der Waals surface area contributed by atoms with Crippen LogP contribution in [0.15, 0.2) is 16.7 Å². The predicted octanol–water partition coefficient (Wildman–Crippen LogP) is 1.36. The second kappa shape index (κ2) is 5.20. The van der Waals surface area contributed by atoms with Crippen LogP contribution in [-0.4, -0.2) is 41.7 Å². The zero-order valence-corrected chi connectivity index (χ0v) is 11.2. The van der Waals surface area contributed by atoms with Crippen LogP contribution < -0.4 is 10.2 Å². The molecule has 0 aromatic carbocycles. The SMILES string of the molecule is O=C(O)C1CNCCN1c1ncc(Br)cc1Cl. The van der Waals surface area contributed by atoms with Crippen LogP contribution in [0, 0.1) is 0 Å². The highest BCUT2D eigenvalue weighted by Crippen LogP contribution is 2.28. The van der Waals surface area contributed by atoms with E-state index in [1.807, 2.05) is 0 Å². The zero-order chi connectivity index (χ0) is 12.4. The van der Waals surface area contributed by atoms with Crippen LogP contribution >= 0.6 is 27.5 Å². The normalized spacial score (nSPS) is 20.4. The third kappa shape index (κ3) is 2.70. The first-order chi connectivity index (χ1) is 8.09. The van der Waals surface area contributed by atoms with E-state index in [1.165, 1.54) is 0 Å². The van der Waals surface area contributed by atoms with E-state index in [0.717, 1.165) is 11.0 Å². The molecule has 1 saturated heterocycles. The number of carboxylic acids is 1. The Bertz CT molecular complexity index is 444. The van der Waals surface area contributed by atoms with Gasteiger partial charge in [0, 0.05) is 30.3 Å². The fourth-order valence-corrected chi connectivity index (χ4v) is 2.54. The first kappa shape index (κ1) is 12.6. The second-order valence-electron chi connectivity index (χ2n) is 3.71. The van der Waals surface area contributed by atoms with E-state index >= 15 is 0 Å². The molecular formula is C10H11BrClN3O2. The first-order valence-corrected chi connectivity index (χ1v) is 6.28. The van der Waals surface area contributed by atoms with Crippen molar-refractivity contribution in [1.82, 2.24) is 10.3 Å². The monoisotopic (exact) mass is 319 g/mol. The Kier molecular flexibility index (Phi) is 3.86. The molecule has 0 bridgehead atoms. The van der Waals surface area contributed by atoms with Crippen LogP contribution in [0.4, 0.5) is 5.82 Å². The Labute approximate surface area is 112 Å². The molecule has 1 aromatic rings. The maximum Gasteiger partial charge on any atom is 0.327 e. The molecule has 5 nitrogen and oxygen atoms in total. The van der Waals surface area contributed by atoms with Gasteiger partial charge in [-0.1, -0.05) is 11.6 Å². The van der Waals surface area contributed by atoms with Crippen molar-refractivity contribution in [2.45, 2.75) is 6.04 Å². The lowest BCUT2D eigenvalue weighted by atomic mass is 10.2. The Morgan fingerprint density at radius 3 is 3.12 bits per heavy atom. The van der Waals surface area contributed by atoms with Crippen molar-refractivity contribution < 1.29 is 9.90 Å². The van der Waals surface area contributed by atoms with Gasteiger partial charge in [-0.05, 0) is 22.0 Å². The lowest BCUT2D eigenvalue weighted by Gasteiger charge is -2.34. The summed E-state index contributed by atoms with van der Waals surface area (Å²) in [4.78, 5) is 17.1. The van der Waals surface area contributed by atoms with E-state index < -0.39 is 12.0 Å². The summed E-state index contributed by atoms with van der Waals surface area (Å²) >= 11 is 9.36. The van der Waals surface area contributed by atoms with E-state index in [2.05, 4.69) is 26.2 Å². The molecule has 1 fully saturated rings. The number of halogens is 2. The van der Waals surface area contributed by atoms with E-state index in [1.54, 1.807) is 17.2 Å². The van der Waals surface area contributed by atoms with Gasteiger partial charge in [0.15, 0.2) is 0 Å². The first-order valence-electron chi connectivity index (χ1n) is 5.11. The molecule has 7 heteroatoms. The van der Waals surface area contributed by atoms with Crippen molar-refractivity contribution in [3.05, 3.63) is 21.8 Å². The molecule has 2 rings (SSSR count). The summed E-state index contributed by atoms with van der Waals surface area (Å²) in [6.07, 6.45) is 1.61. The number of rotatable bonds is 2. The van der Waals surface area contributed by atoms with Gasteiger partial charge < -0.3 is 15.3 Å². The van der Waals surface area contributed by atoms with Crippen LogP contribution in [0.5, 0.6) is 0 Å². The summed E-state index contributed by atoms with van der Waals surface area (Å²) in [6, 6.07) is 1.08. The average Bonchev–Trinajstić information content (AvgIpc) is 2.29. The molecule has 0 amide bonds. The Hall–Kier alpha value is -0.850. The van der Waals surface area contributed by atoms with E-state index in [9.17, 15) is 4.79 Å². The number of pyridine rings is 1. The van der Waals surface area contributed by atoms with Crippen LogP contribution in [0.3, 0.4) is 0 Å². The number of carbonyl (C=O) groups is 1. The molecule has 2 heterocycles.